The van der Waals surface area contributed by atoms with Gasteiger partial charge in [-0.25, -0.2) is 9.55 Å². The number of likely N-dealkylation sites (tertiary alicyclic amines) is 1. The molecule has 1 aromatic heterocycles. The van der Waals surface area contributed by atoms with Gasteiger partial charge in [0.1, 0.15) is 13.1 Å². The van der Waals surface area contributed by atoms with Gasteiger partial charge in [-0.3, -0.25) is 0 Å². The van der Waals surface area contributed by atoms with E-state index < -0.39 is 0 Å². The zero-order valence-corrected chi connectivity index (χ0v) is 16.6. The normalized spacial score (nSPS) is 14.6. The molecule has 0 unspecified atom stereocenters. The van der Waals surface area contributed by atoms with E-state index in [-0.39, 0.29) is 24.8 Å². The number of aromatic nitrogens is 2. The van der Waals surface area contributed by atoms with E-state index in [0.29, 0.717) is 0 Å². The Kier molecular flexibility index (Phi) is 7.95. The topological polar surface area (TPSA) is 24.1 Å². The number of nitrogens with zero attached hydrogens (tertiary/aromatic N) is 1. The Morgan fingerprint density at radius 2 is 1.54 bits per heavy atom. The van der Waals surface area contributed by atoms with E-state index >= 15 is 0 Å². The van der Waals surface area contributed by atoms with Crippen molar-refractivity contribution in [2.75, 3.05) is 19.6 Å². The lowest BCUT2D eigenvalue weighted by molar-refractivity contribution is -0.922. The van der Waals surface area contributed by atoms with Crippen LogP contribution in [0.5, 0.6) is 0 Å². The first kappa shape index (κ1) is 20.8. The number of aromatic amines is 1. The number of fused-ring (bicyclic) bond motifs is 1. The quantitative estimate of drug-likeness (QED) is 0.416. The van der Waals surface area contributed by atoms with Crippen LogP contribution in [0.2, 0.25) is 0 Å². The first-order valence-electron chi connectivity index (χ1n) is 9.27. The van der Waals surface area contributed by atoms with E-state index in [2.05, 4.69) is 64.1 Å². The molecule has 0 atom stereocenters. The van der Waals surface area contributed by atoms with E-state index in [1.54, 1.807) is 4.90 Å². The lowest BCUT2D eigenvalue weighted by Gasteiger charge is -2.22. The Morgan fingerprint density at radius 1 is 0.846 bits per heavy atom. The van der Waals surface area contributed by atoms with Crippen molar-refractivity contribution >= 4 is 11.0 Å². The number of hydrogen-bond donors (Lipinski definition) is 2. The molecule has 140 valence electrons. The molecule has 2 N–H and O–H groups in total. The monoisotopic (exact) mass is 391 g/mol. The zero-order chi connectivity index (χ0) is 16.2. The van der Waals surface area contributed by atoms with Gasteiger partial charge in [0.2, 0.25) is 0 Å². The Bertz CT molecular complexity index is 795. The molecule has 1 aliphatic heterocycles. The zero-order valence-electron chi connectivity index (χ0n) is 15.1. The van der Waals surface area contributed by atoms with Crippen molar-refractivity contribution in [3.05, 3.63) is 66.0 Å². The molecular formula is C21H27Cl2N3. The number of para-hydroxylation sites is 2. The van der Waals surface area contributed by atoms with Crippen molar-refractivity contribution in [3.63, 3.8) is 0 Å². The van der Waals surface area contributed by atoms with Crippen LogP contribution in [0.4, 0.5) is 0 Å². The van der Waals surface area contributed by atoms with Crippen LogP contribution in [-0.2, 0) is 13.0 Å². The van der Waals surface area contributed by atoms with Gasteiger partial charge in [-0.1, -0.05) is 42.5 Å². The van der Waals surface area contributed by atoms with Crippen LogP contribution >= 0.6 is 0 Å². The maximum atomic E-state index is 3.65. The predicted molar refractivity (Wildman–Crippen MR) is 97.2 cm³/mol. The van der Waals surface area contributed by atoms with Crippen LogP contribution in [0.1, 0.15) is 30.7 Å². The largest absolute Gasteiger partial charge is 1.00 e. The average Bonchev–Trinajstić information content (AvgIpc) is 2.99. The molecule has 0 spiro atoms. The molecule has 1 saturated heterocycles. The summed E-state index contributed by atoms with van der Waals surface area (Å²) in [4.78, 5) is 5.42. The van der Waals surface area contributed by atoms with E-state index in [9.17, 15) is 0 Å². The molecule has 3 aromatic rings. The first-order chi connectivity index (χ1) is 11.9. The number of piperidine rings is 1. The summed E-state index contributed by atoms with van der Waals surface area (Å²) in [5.74, 6) is 1.32. The Morgan fingerprint density at radius 3 is 2.31 bits per heavy atom. The molecule has 0 bridgehead atoms. The van der Waals surface area contributed by atoms with Crippen molar-refractivity contribution in [3.8, 4) is 0 Å². The van der Waals surface area contributed by atoms with E-state index in [1.807, 2.05) is 0 Å². The second kappa shape index (κ2) is 9.96. The van der Waals surface area contributed by atoms with Crippen LogP contribution in [-0.4, -0.2) is 24.6 Å². The van der Waals surface area contributed by atoms with Crippen LogP contribution < -0.4 is 34.3 Å². The Balaban J connectivity index is 0.00000121. The maximum absolute atomic E-state index is 3.65. The number of benzene rings is 2. The third-order valence-electron chi connectivity index (χ3n) is 5.26. The minimum absolute atomic E-state index is 0. The lowest BCUT2D eigenvalue weighted by Crippen LogP contribution is -3.13. The van der Waals surface area contributed by atoms with Gasteiger partial charge in [-0.05, 0) is 37.0 Å². The van der Waals surface area contributed by atoms with Gasteiger partial charge in [0.15, 0.2) is 11.0 Å². The smallest absolute Gasteiger partial charge is 0.259 e. The molecular weight excluding hydrogens is 365 g/mol. The van der Waals surface area contributed by atoms with Crippen LogP contribution in [0.25, 0.3) is 11.0 Å². The fourth-order valence-electron chi connectivity index (χ4n) is 3.94. The van der Waals surface area contributed by atoms with Crippen molar-refractivity contribution in [2.24, 2.45) is 0 Å². The Hall–Kier alpha value is -1.55. The molecule has 0 radical (unpaired) electrons. The van der Waals surface area contributed by atoms with Gasteiger partial charge in [0, 0.05) is 0 Å². The first-order valence-corrected chi connectivity index (χ1v) is 9.27. The van der Waals surface area contributed by atoms with Gasteiger partial charge in [0.25, 0.3) is 5.82 Å². The molecule has 26 heavy (non-hydrogen) atoms. The van der Waals surface area contributed by atoms with Crippen LogP contribution in [0, 0.1) is 0 Å². The summed E-state index contributed by atoms with van der Waals surface area (Å²) >= 11 is 0. The fraction of sp³-hybridized carbons (Fsp3) is 0.381. The van der Waals surface area contributed by atoms with Crippen molar-refractivity contribution in [2.45, 2.75) is 32.2 Å². The summed E-state index contributed by atoms with van der Waals surface area (Å²) < 4.78 is 2.50. The number of hydrogen-bond acceptors (Lipinski definition) is 0. The summed E-state index contributed by atoms with van der Waals surface area (Å²) in [6, 6.07) is 19.5. The molecule has 2 aromatic carbocycles. The molecule has 0 aliphatic carbocycles. The molecule has 0 saturated carbocycles. The van der Waals surface area contributed by atoms with Crippen molar-refractivity contribution in [1.82, 2.24) is 4.98 Å². The number of rotatable bonds is 5. The van der Waals surface area contributed by atoms with Crippen LogP contribution in [0.3, 0.4) is 0 Å². The molecule has 4 rings (SSSR count). The summed E-state index contributed by atoms with van der Waals surface area (Å²) in [5.41, 5.74) is 3.94. The number of H-pyrrole nitrogens is 1. The average molecular weight is 392 g/mol. The summed E-state index contributed by atoms with van der Waals surface area (Å²) in [7, 11) is 0. The molecule has 0 amide bonds. The third-order valence-corrected chi connectivity index (χ3v) is 5.26. The molecule has 5 heteroatoms. The highest BCUT2D eigenvalue weighted by molar-refractivity contribution is 5.71. The van der Waals surface area contributed by atoms with E-state index in [0.717, 1.165) is 13.0 Å². The molecule has 3 nitrogen and oxygen atoms in total. The third kappa shape index (κ3) is 4.79. The number of imidazole rings is 1. The molecule has 2 heterocycles. The summed E-state index contributed by atoms with van der Waals surface area (Å²) in [5, 5.41) is 0. The highest BCUT2D eigenvalue weighted by Gasteiger charge is 2.21. The predicted octanol–water partition coefficient (Wildman–Crippen LogP) is -3.88. The van der Waals surface area contributed by atoms with Crippen molar-refractivity contribution < 1.29 is 34.3 Å². The number of nitrogens with one attached hydrogen (secondary N) is 2. The second-order valence-corrected chi connectivity index (χ2v) is 6.96. The number of halogens is 2. The Labute approximate surface area is 168 Å². The fourth-order valence-corrected chi connectivity index (χ4v) is 3.94. The van der Waals surface area contributed by atoms with Gasteiger partial charge in [-0.15, -0.1) is 0 Å². The highest BCUT2D eigenvalue weighted by Crippen LogP contribution is 2.12. The number of quaternary nitrogens is 1. The van der Waals surface area contributed by atoms with Gasteiger partial charge in [-0.2, -0.15) is 0 Å². The highest BCUT2D eigenvalue weighted by atomic mass is 35.5. The molecule has 1 fully saturated rings. The minimum atomic E-state index is 0. The standard InChI is InChI=1S/C21H25N3.2ClH/c1-3-9-18(10-4-1)17-21-22-19-11-5-6-12-20(19)24(21)16-15-23-13-7-2-8-14-23;;/h1,3-6,9-12H,2,7-8,13-17H2;2*1H. The van der Waals surface area contributed by atoms with Crippen molar-refractivity contribution in [1.29, 1.82) is 0 Å². The molecule has 1 aliphatic rings. The van der Waals surface area contributed by atoms with Gasteiger partial charge < -0.3 is 29.7 Å². The van der Waals surface area contributed by atoms with Gasteiger partial charge in [0.05, 0.1) is 19.5 Å². The minimum Gasteiger partial charge on any atom is -1.00 e. The second-order valence-electron chi connectivity index (χ2n) is 6.96. The van der Waals surface area contributed by atoms with E-state index in [1.165, 1.54) is 61.3 Å². The summed E-state index contributed by atoms with van der Waals surface area (Å²) in [6.45, 7) is 5.02. The lowest BCUT2D eigenvalue weighted by atomic mass is 10.1. The van der Waals surface area contributed by atoms with Crippen LogP contribution in [0.15, 0.2) is 54.6 Å². The van der Waals surface area contributed by atoms with Gasteiger partial charge >= 0.3 is 0 Å². The maximum Gasteiger partial charge on any atom is 0.259 e. The van der Waals surface area contributed by atoms with E-state index in [4.69, 9.17) is 0 Å². The summed E-state index contributed by atoms with van der Waals surface area (Å²) in [6.07, 6.45) is 5.17. The SMILES string of the molecule is [Cl-].[Cl-].c1ccc(Cc2[nH]c3ccccc3[n+]2CC[NH+]2CCCCC2)cc1.